The molecule has 17 heavy (non-hydrogen) atoms. The van der Waals surface area contributed by atoms with E-state index in [1.165, 1.54) is 0 Å². The number of carboxylic acid groups (broad SMARTS) is 1. The van der Waals surface area contributed by atoms with E-state index in [9.17, 15) is 9.59 Å². The van der Waals surface area contributed by atoms with Crippen molar-refractivity contribution in [2.24, 2.45) is 5.92 Å². The number of carbonyl (C=O) groups excluding carboxylic acids is 1. The molecule has 90 valence electrons. The van der Waals surface area contributed by atoms with Gasteiger partial charge in [0.15, 0.2) is 0 Å². The number of hydrogen-bond donors (Lipinski definition) is 2. The van der Waals surface area contributed by atoms with Crippen LogP contribution in [0.25, 0.3) is 0 Å². The number of fused-ring (bicyclic) bond motifs is 1. The second-order valence-corrected chi connectivity index (χ2v) is 4.70. The van der Waals surface area contributed by atoms with Crippen LogP contribution in [0.5, 0.6) is 0 Å². The Kier molecular flexibility index (Phi) is 3.07. The van der Waals surface area contributed by atoms with Crippen molar-refractivity contribution in [2.75, 3.05) is 5.32 Å². The van der Waals surface area contributed by atoms with Gasteiger partial charge in [0.2, 0.25) is 5.91 Å². The highest BCUT2D eigenvalue weighted by Crippen LogP contribution is 2.32. The lowest BCUT2D eigenvalue weighted by atomic mass is 9.98. The van der Waals surface area contributed by atoms with Gasteiger partial charge in [-0.2, -0.15) is 0 Å². The van der Waals surface area contributed by atoms with Crippen LogP contribution in [0.1, 0.15) is 18.1 Å². The first kappa shape index (κ1) is 11.9. The van der Waals surface area contributed by atoms with E-state index in [0.717, 1.165) is 16.8 Å². The Bertz CT molecular complexity index is 499. The lowest BCUT2D eigenvalue weighted by Crippen LogP contribution is -2.13. The van der Waals surface area contributed by atoms with Gasteiger partial charge < -0.3 is 10.4 Å². The minimum absolute atomic E-state index is 0.0773. The third-order valence-corrected chi connectivity index (χ3v) is 3.05. The SMILES string of the molecule is CC(Cc1cc(Cl)cc2c1NC(=O)C2)C(=O)O. The van der Waals surface area contributed by atoms with Gasteiger partial charge in [-0.15, -0.1) is 0 Å². The molecule has 0 fully saturated rings. The van der Waals surface area contributed by atoms with Gasteiger partial charge in [-0.25, -0.2) is 0 Å². The van der Waals surface area contributed by atoms with Crippen LogP contribution < -0.4 is 5.32 Å². The van der Waals surface area contributed by atoms with Crippen molar-refractivity contribution >= 4 is 29.2 Å². The number of carboxylic acids is 1. The van der Waals surface area contributed by atoms with Gasteiger partial charge in [-0.3, -0.25) is 9.59 Å². The van der Waals surface area contributed by atoms with Crippen LogP contribution in [0.4, 0.5) is 5.69 Å². The van der Waals surface area contributed by atoms with E-state index in [-0.39, 0.29) is 5.91 Å². The fourth-order valence-electron chi connectivity index (χ4n) is 1.96. The molecule has 1 aromatic carbocycles. The molecular formula is C12H12ClNO3. The number of nitrogens with one attached hydrogen (secondary N) is 1. The quantitative estimate of drug-likeness (QED) is 0.867. The largest absolute Gasteiger partial charge is 0.481 e. The molecule has 0 aromatic heterocycles. The molecule has 1 atom stereocenters. The number of halogens is 1. The topological polar surface area (TPSA) is 66.4 Å². The molecule has 1 amide bonds. The summed E-state index contributed by atoms with van der Waals surface area (Å²) in [6, 6.07) is 3.45. The Morgan fingerprint density at radius 2 is 2.29 bits per heavy atom. The van der Waals surface area contributed by atoms with Crippen LogP contribution >= 0.6 is 11.6 Å². The minimum atomic E-state index is -0.858. The normalized spacial score (nSPS) is 15.3. The highest BCUT2D eigenvalue weighted by Gasteiger charge is 2.23. The monoisotopic (exact) mass is 253 g/mol. The summed E-state index contributed by atoms with van der Waals surface area (Å²) in [5.74, 6) is -1.44. The summed E-state index contributed by atoms with van der Waals surface area (Å²) >= 11 is 5.95. The fraction of sp³-hybridized carbons (Fsp3) is 0.333. The highest BCUT2D eigenvalue weighted by molar-refractivity contribution is 6.31. The second kappa shape index (κ2) is 4.37. The van der Waals surface area contributed by atoms with Gasteiger partial charge in [-0.1, -0.05) is 18.5 Å². The third kappa shape index (κ3) is 2.42. The number of benzene rings is 1. The molecule has 0 radical (unpaired) electrons. The van der Waals surface area contributed by atoms with Crippen molar-refractivity contribution < 1.29 is 14.7 Å². The fourth-order valence-corrected chi connectivity index (χ4v) is 2.22. The number of anilines is 1. The smallest absolute Gasteiger partial charge is 0.306 e. The summed E-state index contributed by atoms with van der Waals surface area (Å²) in [5.41, 5.74) is 2.36. The minimum Gasteiger partial charge on any atom is -0.481 e. The lowest BCUT2D eigenvalue weighted by Gasteiger charge is -2.11. The molecule has 0 saturated carbocycles. The van der Waals surface area contributed by atoms with Crippen molar-refractivity contribution in [3.63, 3.8) is 0 Å². The van der Waals surface area contributed by atoms with Gasteiger partial charge >= 0.3 is 5.97 Å². The molecule has 1 heterocycles. The second-order valence-electron chi connectivity index (χ2n) is 4.27. The van der Waals surface area contributed by atoms with E-state index in [2.05, 4.69) is 5.32 Å². The number of aliphatic carboxylic acids is 1. The van der Waals surface area contributed by atoms with Crippen molar-refractivity contribution in [3.05, 3.63) is 28.3 Å². The van der Waals surface area contributed by atoms with Crippen molar-refractivity contribution in [1.29, 1.82) is 0 Å². The first-order valence-corrected chi connectivity index (χ1v) is 5.69. The summed E-state index contributed by atoms with van der Waals surface area (Å²) < 4.78 is 0. The predicted octanol–water partition coefficient (Wildman–Crippen LogP) is 2.10. The molecule has 1 unspecified atom stereocenters. The van der Waals surface area contributed by atoms with Gasteiger partial charge in [0, 0.05) is 10.7 Å². The van der Waals surface area contributed by atoms with Crippen LogP contribution in [-0.2, 0) is 22.4 Å². The average molecular weight is 254 g/mol. The third-order valence-electron chi connectivity index (χ3n) is 2.83. The van der Waals surface area contributed by atoms with Crippen LogP contribution in [0.2, 0.25) is 5.02 Å². The maximum absolute atomic E-state index is 11.3. The first-order valence-electron chi connectivity index (χ1n) is 5.31. The lowest BCUT2D eigenvalue weighted by molar-refractivity contribution is -0.141. The average Bonchev–Trinajstić information content (AvgIpc) is 2.58. The standard InChI is InChI=1S/C12H12ClNO3/c1-6(12(16)17)2-7-3-9(13)4-8-5-10(15)14-11(7)8/h3-4,6H,2,5H2,1H3,(H,14,15)(H,16,17). The number of hydrogen-bond acceptors (Lipinski definition) is 2. The van der Waals surface area contributed by atoms with E-state index < -0.39 is 11.9 Å². The zero-order valence-corrected chi connectivity index (χ0v) is 10.0. The van der Waals surface area contributed by atoms with E-state index >= 15 is 0 Å². The molecule has 0 bridgehead atoms. The van der Waals surface area contributed by atoms with Crippen LogP contribution in [0.3, 0.4) is 0 Å². The maximum Gasteiger partial charge on any atom is 0.306 e. The Morgan fingerprint density at radius 3 is 2.94 bits per heavy atom. The zero-order chi connectivity index (χ0) is 12.6. The molecule has 1 aromatic rings. The van der Waals surface area contributed by atoms with Gasteiger partial charge in [-0.05, 0) is 29.7 Å². The highest BCUT2D eigenvalue weighted by atomic mass is 35.5. The first-order chi connectivity index (χ1) is 7.97. The number of carbonyl (C=O) groups is 2. The van der Waals surface area contributed by atoms with Gasteiger partial charge in [0.05, 0.1) is 12.3 Å². The molecule has 0 saturated heterocycles. The Morgan fingerprint density at radius 1 is 1.59 bits per heavy atom. The molecule has 1 aliphatic rings. The Balaban J connectivity index is 2.35. The summed E-state index contributed by atoms with van der Waals surface area (Å²) in [6.07, 6.45) is 0.669. The van der Waals surface area contributed by atoms with Crippen LogP contribution in [0.15, 0.2) is 12.1 Å². The van der Waals surface area contributed by atoms with Crippen molar-refractivity contribution in [3.8, 4) is 0 Å². The summed E-state index contributed by atoms with van der Waals surface area (Å²) in [7, 11) is 0. The summed E-state index contributed by atoms with van der Waals surface area (Å²) in [5, 5.41) is 12.2. The van der Waals surface area contributed by atoms with Crippen molar-refractivity contribution in [2.45, 2.75) is 19.8 Å². The molecule has 5 heteroatoms. The molecule has 0 aliphatic carbocycles. The van der Waals surface area contributed by atoms with E-state index in [1.54, 1.807) is 19.1 Å². The molecule has 0 spiro atoms. The van der Waals surface area contributed by atoms with Crippen LogP contribution in [0, 0.1) is 5.92 Å². The van der Waals surface area contributed by atoms with Crippen molar-refractivity contribution in [1.82, 2.24) is 0 Å². The molecule has 2 rings (SSSR count). The Labute approximate surface area is 104 Å². The van der Waals surface area contributed by atoms with Gasteiger partial charge in [0.25, 0.3) is 0 Å². The van der Waals surface area contributed by atoms with Crippen LogP contribution in [-0.4, -0.2) is 17.0 Å². The van der Waals surface area contributed by atoms with E-state index in [0.29, 0.717) is 17.9 Å². The number of rotatable bonds is 3. The predicted molar refractivity (Wildman–Crippen MR) is 64.3 cm³/mol. The molecule has 2 N–H and O–H groups in total. The maximum atomic E-state index is 11.3. The number of amides is 1. The van der Waals surface area contributed by atoms with Gasteiger partial charge in [0.1, 0.15) is 0 Å². The molecular weight excluding hydrogens is 242 g/mol. The van der Waals surface area contributed by atoms with E-state index in [1.807, 2.05) is 0 Å². The summed E-state index contributed by atoms with van der Waals surface area (Å²) in [4.78, 5) is 22.1. The zero-order valence-electron chi connectivity index (χ0n) is 9.29. The molecule has 4 nitrogen and oxygen atoms in total. The molecule has 1 aliphatic heterocycles. The summed E-state index contributed by atoms with van der Waals surface area (Å²) in [6.45, 7) is 1.63. The Hall–Kier alpha value is -1.55. The van der Waals surface area contributed by atoms with E-state index in [4.69, 9.17) is 16.7 Å².